The molecule has 0 spiro atoms. The van der Waals surface area contributed by atoms with E-state index < -0.39 is 126 Å². The number of amides is 9. The number of carbonyl (C=O) groups excluding carboxylic acids is 9. The van der Waals surface area contributed by atoms with Crippen LogP contribution in [0.2, 0.25) is 0 Å². The molecule has 0 saturated carbocycles. The van der Waals surface area contributed by atoms with Gasteiger partial charge in [0.25, 0.3) is 0 Å². The summed E-state index contributed by atoms with van der Waals surface area (Å²) in [7, 11) is 0. The molecule has 0 fully saturated rings. The van der Waals surface area contributed by atoms with Crippen molar-refractivity contribution in [2.24, 2.45) is 40.9 Å². The summed E-state index contributed by atoms with van der Waals surface area (Å²) >= 11 is 0. The predicted octanol–water partition coefficient (Wildman–Crippen LogP) is -0.353. The van der Waals surface area contributed by atoms with E-state index in [0.29, 0.717) is 24.0 Å². The molecule has 0 radical (unpaired) electrons. The lowest BCUT2D eigenvalue weighted by Gasteiger charge is -2.29. The van der Waals surface area contributed by atoms with Gasteiger partial charge in [0.2, 0.25) is 53.2 Å². The van der Waals surface area contributed by atoms with Gasteiger partial charge in [-0.15, -0.1) is 0 Å². The maximum Gasteiger partial charge on any atom is 0.326 e. The Balaban J connectivity index is 2.43. The monoisotopic (exact) mass is 1110 g/mol. The Morgan fingerprint density at radius 3 is 1.32 bits per heavy atom. The highest BCUT2D eigenvalue weighted by molar-refractivity contribution is 5.99. The zero-order valence-electron chi connectivity index (χ0n) is 47.0. The number of primary amides is 1. The van der Waals surface area contributed by atoms with E-state index in [4.69, 9.17) is 17.2 Å². The Morgan fingerprint density at radius 1 is 0.481 bits per heavy atom. The first kappa shape index (κ1) is 67.9. The van der Waals surface area contributed by atoms with Crippen LogP contribution in [0.15, 0.2) is 54.6 Å². The van der Waals surface area contributed by atoms with Crippen LogP contribution in [0.25, 0.3) is 0 Å². The Bertz CT molecular complexity index is 2330. The van der Waals surface area contributed by atoms with E-state index >= 15 is 0 Å². The number of nitrogens with one attached hydrogen (secondary N) is 8. The standard InChI is InChI=1S/C55H87N11O13/c1-29(2)23-38(60-50(73)41(63-53(76)45(58)32(7)8)27-35-18-20-36(68)21-19-35)48(71)59-37(17-13-14-22-56)47(70)66-46(33(9)67)54(77)64-42(28-44(57)69)52(75)61-39(24-30(3)4)49(72)62-40(26-34-15-11-10-12-16-34)51(74)65-43(55(78)79)25-31(5)6/h10-12,15-16,18-21,29-33,37-43,45-46,67-68H,13-14,17,22-28,56,58H2,1-9H3,(H2,57,69)(H,59,71)(H,60,73)(H,61,75)(H,62,72)(H,63,76)(H,64,77)(H,65,74)(H,66,70)(H,78,79)/t33-,37+,38+,39+,40+,41+,42+,43+,45+,46+/m1/s1. The molecular formula is C55H87N11O13. The van der Waals surface area contributed by atoms with Crippen molar-refractivity contribution in [1.29, 1.82) is 0 Å². The number of aliphatic hydroxyl groups is 1. The smallest absolute Gasteiger partial charge is 0.326 e. The van der Waals surface area contributed by atoms with Gasteiger partial charge in [0.05, 0.1) is 18.6 Å². The highest BCUT2D eigenvalue weighted by atomic mass is 16.4. The van der Waals surface area contributed by atoms with E-state index in [1.165, 1.54) is 12.1 Å². The van der Waals surface area contributed by atoms with Crippen molar-refractivity contribution in [3.05, 3.63) is 65.7 Å². The van der Waals surface area contributed by atoms with E-state index in [2.05, 4.69) is 42.5 Å². The highest BCUT2D eigenvalue weighted by Gasteiger charge is 2.37. The van der Waals surface area contributed by atoms with Gasteiger partial charge in [0.1, 0.15) is 54.1 Å². The first-order chi connectivity index (χ1) is 37.0. The summed E-state index contributed by atoms with van der Waals surface area (Å²) < 4.78 is 0. The molecule has 9 amide bonds. The van der Waals surface area contributed by atoms with Crippen LogP contribution in [-0.4, -0.2) is 141 Å². The van der Waals surface area contributed by atoms with Crippen molar-refractivity contribution in [3.8, 4) is 5.75 Å². The molecule has 79 heavy (non-hydrogen) atoms. The van der Waals surface area contributed by atoms with Gasteiger partial charge in [0, 0.05) is 12.8 Å². The molecule has 0 bridgehead atoms. The van der Waals surface area contributed by atoms with E-state index in [9.17, 15) is 63.3 Å². The number of phenolic OH excluding ortho intramolecular Hbond substituents is 1. The molecule has 2 aromatic carbocycles. The second kappa shape index (κ2) is 34.0. The van der Waals surface area contributed by atoms with Crippen LogP contribution >= 0.6 is 0 Å². The number of hydrogen-bond donors (Lipinski definition) is 14. The highest BCUT2D eigenvalue weighted by Crippen LogP contribution is 2.15. The lowest BCUT2D eigenvalue weighted by molar-refractivity contribution is -0.142. The predicted molar refractivity (Wildman–Crippen MR) is 295 cm³/mol. The summed E-state index contributed by atoms with van der Waals surface area (Å²) in [6, 6.07) is 2.10. The summed E-state index contributed by atoms with van der Waals surface area (Å²) in [6.45, 7) is 15.5. The number of aliphatic carboxylic acids is 1. The van der Waals surface area contributed by atoms with Gasteiger partial charge in [-0.25, -0.2) is 4.79 Å². The van der Waals surface area contributed by atoms with Gasteiger partial charge in [-0.05, 0) is 98.9 Å². The number of phenols is 1. The number of rotatable bonds is 35. The van der Waals surface area contributed by atoms with Gasteiger partial charge in [-0.1, -0.05) is 97.9 Å². The molecule has 0 aliphatic heterocycles. The molecule has 0 aliphatic carbocycles. The van der Waals surface area contributed by atoms with E-state index in [-0.39, 0.29) is 74.5 Å². The number of aromatic hydroxyl groups is 1. The Kier molecular flexibility index (Phi) is 29.2. The van der Waals surface area contributed by atoms with Crippen LogP contribution in [0.5, 0.6) is 5.75 Å². The fraction of sp³-hybridized carbons (Fsp3) is 0.600. The zero-order valence-corrected chi connectivity index (χ0v) is 47.0. The van der Waals surface area contributed by atoms with Crippen LogP contribution in [0.4, 0.5) is 0 Å². The first-order valence-electron chi connectivity index (χ1n) is 26.9. The number of carbonyl (C=O) groups is 10. The molecule has 0 aliphatic rings. The number of unbranched alkanes of at least 4 members (excludes halogenated alkanes) is 1. The molecule has 0 saturated heterocycles. The van der Waals surface area contributed by atoms with Crippen LogP contribution in [0, 0.1) is 23.7 Å². The van der Waals surface area contributed by atoms with Crippen molar-refractivity contribution in [3.63, 3.8) is 0 Å². The maximum atomic E-state index is 14.2. The van der Waals surface area contributed by atoms with Gasteiger partial charge < -0.3 is 75.1 Å². The number of carboxylic acids is 1. The molecule has 10 atom stereocenters. The number of aliphatic hydroxyl groups excluding tert-OH is 1. The van der Waals surface area contributed by atoms with Crippen molar-refractivity contribution in [1.82, 2.24) is 42.5 Å². The third-order valence-corrected chi connectivity index (χ3v) is 12.6. The first-order valence-corrected chi connectivity index (χ1v) is 26.9. The quantitative estimate of drug-likeness (QED) is 0.0392. The van der Waals surface area contributed by atoms with Crippen LogP contribution < -0.4 is 59.7 Å². The van der Waals surface area contributed by atoms with Gasteiger partial charge >= 0.3 is 5.97 Å². The van der Waals surface area contributed by atoms with Crippen LogP contribution in [-0.2, 0) is 60.8 Å². The minimum Gasteiger partial charge on any atom is -0.508 e. The summed E-state index contributed by atoms with van der Waals surface area (Å²) in [5, 5.41) is 51.1. The molecule has 24 nitrogen and oxygen atoms in total. The summed E-state index contributed by atoms with van der Waals surface area (Å²) in [5.41, 5.74) is 18.6. The third kappa shape index (κ3) is 25.0. The average molecular weight is 1110 g/mol. The number of carboxylic acid groups (broad SMARTS) is 1. The number of hydrogen-bond acceptors (Lipinski definition) is 14. The molecule has 24 heteroatoms. The van der Waals surface area contributed by atoms with Gasteiger partial charge in [0.15, 0.2) is 0 Å². The summed E-state index contributed by atoms with van der Waals surface area (Å²) in [4.78, 5) is 136. The third-order valence-electron chi connectivity index (χ3n) is 12.6. The van der Waals surface area contributed by atoms with Crippen molar-refractivity contribution < 1.29 is 63.3 Å². The fourth-order valence-corrected chi connectivity index (χ4v) is 8.26. The summed E-state index contributed by atoms with van der Waals surface area (Å²) in [6.07, 6.45) is -1.76. The van der Waals surface area contributed by atoms with Crippen LogP contribution in [0.1, 0.15) is 118 Å². The van der Waals surface area contributed by atoms with E-state index in [1.54, 1.807) is 97.9 Å². The SMILES string of the molecule is CC(C)C[C@H](NC(=O)[C@H](Cc1ccccc1)NC(=O)[C@H](CC(C)C)NC(=O)[C@H](CC(N)=O)NC(=O)[C@@H](NC(=O)[C@H](CCCCN)NC(=O)[C@H](CC(C)C)NC(=O)[C@H](Cc1ccc(O)cc1)NC(=O)[C@@H](N)C(C)C)[C@@H](C)O)C(=O)O. The Labute approximate surface area is 463 Å². The minimum absolute atomic E-state index is 0.0190. The zero-order chi connectivity index (χ0) is 59.7. The van der Waals surface area contributed by atoms with Gasteiger partial charge in [-0.3, -0.25) is 43.2 Å². The second-order valence-corrected chi connectivity index (χ2v) is 21.7. The largest absolute Gasteiger partial charge is 0.508 e. The molecule has 0 unspecified atom stereocenters. The molecule has 0 aromatic heterocycles. The van der Waals surface area contributed by atoms with E-state index in [0.717, 1.165) is 6.92 Å². The molecule has 0 heterocycles. The number of benzene rings is 2. The minimum atomic E-state index is -1.82. The number of nitrogens with two attached hydrogens (primary N) is 3. The van der Waals surface area contributed by atoms with Gasteiger partial charge in [-0.2, -0.15) is 0 Å². The van der Waals surface area contributed by atoms with E-state index in [1.807, 2.05) is 0 Å². The topological polar surface area (TPSA) is 406 Å². The molecule has 440 valence electrons. The Hall–Kier alpha value is -7.18. The van der Waals surface area contributed by atoms with Crippen molar-refractivity contribution in [2.45, 2.75) is 181 Å². The maximum absolute atomic E-state index is 14.2. The molecule has 17 N–H and O–H groups in total. The van der Waals surface area contributed by atoms with Crippen molar-refractivity contribution >= 4 is 59.1 Å². The lowest BCUT2D eigenvalue weighted by atomic mass is 9.99. The molecular weight excluding hydrogens is 1020 g/mol. The lowest BCUT2D eigenvalue weighted by Crippen LogP contribution is -2.62. The Morgan fingerprint density at radius 2 is 0.873 bits per heavy atom. The van der Waals surface area contributed by atoms with Crippen LogP contribution in [0.3, 0.4) is 0 Å². The normalized spacial score (nSPS) is 15.2. The second-order valence-electron chi connectivity index (χ2n) is 21.7. The molecule has 2 rings (SSSR count). The average Bonchev–Trinajstić information content (AvgIpc) is 3.36. The fourth-order valence-electron chi connectivity index (χ4n) is 8.26. The molecule has 2 aromatic rings. The van der Waals surface area contributed by atoms with Crippen molar-refractivity contribution in [2.75, 3.05) is 6.54 Å². The summed E-state index contributed by atoms with van der Waals surface area (Å²) in [5.74, 6) is -10.2.